The van der Waals surface area contributed by atoms with E-state index >= 15 is 0 Å². The van der Waals surface area contributed by atoms with Crippen LogP contribution in [0.2, 0.25) is 5.02 Å². The molecule has 0 saturated carbocycles. The van der Waals surface area contributed by atoms with E-state index in [0.717, 1.165) is 29.5 Å². The van der Waals surface area contributed by atoms with Crippen LogP contribution in [-0.2, 0) is 22.6 Å². The Morgan fingerprint density at radius 1 is 1.14 bits per heavy atom. The highest BCUT2D eigenvalue weighted by Gasteiger charge is 2.26. The summed E-state index contributed by atoms with van der Waals surface area (Å²) in [5.41, 5.74) is 2.89. The second-order valence-corrected chi connectivity index (χ2v) is 7.51. The van der Waals surface area contributed by atoms with Crippen molar-refractivity contribution in [1.29, 1.82) is 0 Å². The number of hydrogen-bond acceptors (Lipinski definition) is 2. The summed E-state index contributed by atoms with van der Waals surface area (Å²) in [7, 11) is 0. The molecular formula is C23H29ClN2O2. The Hall–Kier alpha value is -2.33. The highest BCUT2D eigenvalue weighted by Crippen LogP contribution is 2.18. The Morgan fingerprint density at radius 2 is 1.89 bits per heavy atom. The van der Waals surface area contributed by atoms with Gasteiger partial charge in [-0.15, -0.1) is 0 Å². The highest BCUT2D eigenvalue weighted by atomic mass is 35.5. The first-order valence-corrected chi connectivity index (χ1v) is 10.2. The predicted octanol–water partition coefficient (Wildman–Crippen LogP) is 4.52. The Labute approximate surface area is 172 Å². The van der Waals surface area contributed by atoms with Crippen LogP contribution in [0, 0.1) is 6.92 Å². The number of aryl methyl sites for hydroxylation is 1. The van der Waals surface area contributed by atoms with E-state index in [9.17, 15) is 9.59 Å². The number of unbranched alkanes of at least 4 members (excludes halogenated alkanes) is 1. The first-order valence-electron chi connectivity index (χ1n) is 9.78. The maximum atomic E-state index is 13.1. The normalized spacial score (nSPS) is 11.7. The summed E-state index contributed by atoms with van der Waals surface area (Å²) in [5.74, 6) is -0.249. The van der Waals surface area contributed by atoms with Crippen molar-refractivity contribution in [2.75, 3.05) is 6.54 Å². The molecule has 0 aliphatic carbocycles. The molecule has 2 rings (SSSR count). The van der Waals surface area contributed by atoms with Crippen molar-refractivity contribution in [3.05, 3.63) is 70.2 Å². The zero-order valence-electron chi connectivity index (χ0n) is 16.9. The average Bonchev–Trinajstić information content (AvgIpc) is 2.67. The Balaban J connectivity index is 2.20. The minimum Gasteiger partial charge on any atom is -0.354 e. The molecule has 2 amide bonds. The lowest BCUT2D eigenvalue weighted by Gasteiger charge is -2.29. The van der Waals surface area contributed by atoms with Crippen molar-refractivity contribution in [2.24, 2.45) is 0 Å². The summed E-state index contributed by atoms with van der Waals surface area (Å²) < 4.78 is 0. The first-order chi connectivity index (χ1) is 13.4. The van der Waals surface area contributed by atoms with E-state index in [2.05, 4.69) is 12.2 Å². The third-order valence-electron chi connectivity index (χ3n) is 4.73. The number of carbonyl (C=O) groups excluding carboxylic acids is 2. The standard InChI is InChI=1S/C23H29ClN2O2/c1-4-5-13-25-23(28)18(3)26(16-19-10-8-9-17(2)14-19)22(27)15-20-11-6-7-12-21(20)24/h6-12,14,18H,4-5,13,15-16H2,1-3H3,(H,25,28). The molecule has 0 aliphatic heterocycles. The third-order valence-corrected chi connectivity index (χ3v) is 5.10. The first kappa shape index (κ1) is 22.0. The Morgan fingerprint density at radius 3 is 2.57 bits per heavy atom. The van der Waals surface area contributed by atoms with E-state index in [0.29, 0.717) is 18.1 Å². The highest BCUT2D eigenvalue weighted by molar-refractivity contribution is 6.31. The topological polar surface area (TPSA) is 49.4 Å². The van der Waals surface area contributed by atoms with E-state index in [1.165, 1.54) is 0 Å². The van der Waals surface area contributed by atoms with Crippen molar-refractivity contribution in [1.82, 2.24) is 10.2 Å². The smallest absolute Gasteiger partial charge is 0.242 e. The molecule has 4 nitrogen and oxygen atoms in total. The molecule has 0 saturated heterocycles. The molecule has 1 unspecified atom stereocenters. The maximum Gasteiger partial charge on any atom is 0.242 e. The van der Waals surface area contributed by atoms with E-state index in [1.807, 2.05) is 49.4 Å². The fourth-order valence-corrected chi connectivity index (χ4v) is 3.23. The van der Waals surface area contributed by atoms with E-state index in [4.69, 9.17) is 11.6 Å². The average molecular weight is 401 g/mol. The number of hydrogen-bond donors (Lipinski definition) is 1. The lowest BCUT2D eigenvalue weighted by molar-refractivity contribution is -0.140. The van der Waals surface area contributed by atoms with Crippen molar-refractivity contribution in [3.63, 3.8) is 0 Å². The molecule has 28 heavy (non-hydrogen) atoms. The van der Waals surface area contributed by atoms with Crippen molar-refractivity contribution < 1.29 is 9.59 Å². The van der Waals surface area contributed by atoms with E-state index in [1.54, 1.807) is 17.9 Å². The molecule has 1 atom stereocenters. The van der Waals surface area contributed by atoms with Crippen molar-refractivity contribution >= 4 is 23.4 Å². The second kappa shape index (κ2) is 10.9. The number of nitrogens with one attached hydrogen (secondary N) is 1. The number of nitrogens with zero attached hydrogens (tertiary/aromatic N) is 1. The summed E-state index contributed by atoms with van der Waals surface area (Å²) in [5, 5.41) is 3.49. The van der Waals surface area contributed by atoms with Crippen LogP contribution in [0.15, 0.2) is 48.5 Å². The van der Waals surface area contributed by atoms with Gasteiger partial charge >= 0.3 is 0 Å². The lowest BCUT2D eigenvalue weighted by Crippen LogP contribution is -2.48. The van der Waals surface area contributed by atoms with Gasteiger partial charge in [0.2, 0.25) is 11.8 Å². The quantitative estimate of drug-likeness (QED) is 0.629. The molecule has 0 bridgehead atoms. The molecule has 2 aromatic carbocycles. The van der Waals surface area contributed by atoms with Gasteiger partial charge in [0, 0.05) is 18.1 Å². The van der Waals surface area contributed by atoms with Gasteiger partial charge in [0.25, 0.3) is 0 Å². The zero-order valence-corrected chi connectivity index (χ0v) is 17.6. The van der Waals surface area contributed by atoms with Crippen LogP contribution in [-0.4, -0.2) is 29.3 Å². The fourth-order valence-electron chi connectivity index (χ4n) is 3.03. The van der Waals surface area contributed by atoms with Gasteiger partial charge in [0.05, 0.1) is 6.42 Å². The van der Waals surface area contributed by atoms with Gasteiger partial charge in [-0.1, -0.05) is 73.0 Å². The van der Waals surface area contributed by atoms with Crippen molar-refractivity contribution in [3.8, 4) is 0 Å². The monoisotopic (exact) mass is 400 g/mol. The number of benzene rings is 2. The summed E-state index contributed by atoms with van der Waals surface area (Å²) >= 11 is 6.23. The van der Waals surface area contributed by atoms with Gasteiger partial charge in [-0.2, -0.15) is 0 Å². The number of rotatable bonds is 9. The van der Waals surface area contributed by atoms with Crippen LogP contribution < -0.4 is 5.32 Å². The van der Waals surface area contributed by atoms with Gasteiger partial charge in [0.1, 0.15) is 6.04 Å². The van der Waals surface area contributed by atoms with Crippen LogP contribution in [0.25, 0.3) is 0 Å². The predicted molar refractivity (Wildman–Crippen MR) is 114 cm³/mol. The van der Waals surface area contributed by atoms with Crippen LogP contribution in [0.4, 0.5) is 0 Å². The van der Waals surface area contributed by atoms with Crippen molar-refractivity contribution in [2.45, 2.75) is 52.6 Å². The second-order valence-electron chi connectivity index (χ2n) is 7.10. The van der Waals surface area contributed by atoms with E-state index < -0.39 is 6.04 Å². The van der Waals surface area contributed by atoms with E-state index in [-0.39, 0.29) is 18.2 Å². The largest absolute Gasteiger partial charge is 0.354 e. The molecule has 1 N–H and O–H groups in total. The van der Waals surface area contributed by atoms with Gasteiger partial charge < -0.3 is 10.2 Å². The molecule has 2 aromatic rings. The molecular weight excluding hydrogens is 372 g/mol. The number of halogens is 1. The SMILES string of the molecule is CCCCNC(=O)C(C)N(Cc1cccc(C)c1)C(=O)Cc1ccccc1Cl. The van der Waals surface area contributed by atoms with Gasteiger partial charge in [-0.3, -0.25) is 9.59 Å². The minimum atomic E-state index is -0.563. The number of amides is 2. The third kappa shape index (κ3) is 6.38. The molecule has 0 radical (unpaired) electrons. The summed E-state index contributed by atoms with van der Waals surface area (Å²) in [6, 6.07) is 14.8. The maximum absolute atomic E-state index is 13.1. The fraction of sp³-hybridized carbons (Fsp3) is 0.391. The molecule has 0 aliphatic rings. The van der Waals surface area contributed by atoms with Crippen LogP contribution in [0.5, 0.6) is 0 Å². The summed E-state index contributed by atoms with van der Waals surface area (Å²) in [4.78, 5) is 27.4. The Bertz CT molecular complexity index is 807. The summed E-state index contributed by atoms with van der Waals surface area (Å²) in [6.07, 6.45) is 2.09. The molecule has 150 valence electrons. The van der Waals surface area contributed by atoms with Gasteiger partial charge in [-0.25, -0.2) is 0 Å². The van der Waals surface area contributed by atoms with Crippen LogP contribution in [0.3, 0.4) is 0 Å². The van der Waals surface area contributed by atoms with Gasteiger partial charge in [-0.05, 0) is 37.5 Å². The van der Waals surface area contributed by atoms with Crippen LogP contribution in [0.1, 0.15) is 43.4 Å². The molecule has 0 spiro atoms. The molecule has 0 fully saturated rings. The lowest BCUT2D eigenvalue weighted by atomic mass is 10.1. The molecule has 5 heteroatoms. The Kier molecular flexibility index (Phi) is 8.52. The molecule has 0 aromatic heterocycles. The molecule has 0 heterocycles. The van der Waals surface area contributed by atoms with Gasteiger partial charge in [0.15, 0.2) is 0 Å². The number of carbonyl (C=O) groups is 2. The summed E-state index contributed by atoms with van der Waals surface area (Å²) in [6.45, 7) is 6.87. The van der Waals surface area contributed by atoms with Crippen LogP contribution >= 0.6 is 11.6 Å². The minimum absolute atomic E-state index is 0.118. The zero-order chi connectivity index (χ0) is 20.5.